The maximum Gasteiger partial charge on any atom is 0.407 e. The summed E-state index contributed by atoms with van der Waals surface area (Å²) in [6.07, 6.45) is -2.37. The first-order chi connectivity index (χ1) is 15.0. The Morgan fingerprint density at radius 2 is 1.52 bits per heavy atom. The SMILES string of the molecule is O=C(NCCC(O)C(O)c1ccc(S)cc1)OCC1c2ccccc2-c2ccccc21. The molecule has 3 aromatic carbocycles. The number of aliphatic hydroxyl groups is 2. The molecule has 160 valence electrons. The molecule has 0 spiro atoms. The van der Waals surface area contributed by atoms with Crippen molar-refractivity contribution >= 4 is 18.7 Å². The van der Waals surface area contributed by atoms with Gasteiger partial charge in [-0.3, -0.25) is 0 Å². The van der Waals surface area contributed by atoms with E-state index in [9.17, 15) is 15.0 Å². The molecule has 31 heavy (non-hydrogen) atoms. The summed E-state index contributed by atoms with van der Waals surface area (Å²) in [5.41, 5.74) is 5.27. The van der Waals surface area contributed by atoms with E-state index in [0.29, 0.717) is 5.56 Å². The summed E-state index contributed by atoms with van der Waals surface area (Å²) in [6, 6.07) is 23.3. The summed E-state index contributed by atoms with van der Waals surface area (Å²) in [4.78, 5) is 13.0. The Bertz CT molecular complexity index is 1010. The predicted octanol–water partition coefficient (Wildman–Crippen LogP) is 4.30. The Kier molecular flexibility index (Phi) is 6.61. The fourth-order valence-electron chi connectivity index (χ4n) is 4.02. The number of hydrogen-bond acceptors (Lipinski definition) is 5. The minimum absolute atomic E-state index is 0.000338. The van der Waals surface area contributed by atoms with Gasteiger partial charge < -0.3 is 20.3 Å². The number of fused-ring (bicyclic) bond motifs is 3. The topological polar surface area (TPSA) is 78.8 Å². The first kappa shape index (κ1) is 21.4. The van der Waals surface area contributed by atoms with E-state index in [1.54, 1.807) is 24.3 Å². The first-order valence-electron chi connectivity index (χ1n) is 10.3. The van der Waals surface area contributed by atoms with Crippen LogP contribution in [-0.2, 0) is 4.74 Å². The largest absolute Gasteiger partial charge is 0.449 e. The molecule has 3 N–H and O–H groups in total. The Labute approximate surface area is 187 Å². The number of carbonyl (C=O) groups is 1. The van der Waals surface area contributed by atoms with Gasteiger partial charge in [-0.25, -0.2) is 4.79 Å². The summed E-state index contributed by atoms with van der Waals surface area (Å²) >= 11 is 4.21. The minimum Gasteiger partial charge on any atom is -0.449 e. The van der Waals surface area contributed by atoms with Crippen LogP contribution in [0.3, 0.4) is 0 Å². The molecule has 2 unspecified atom stereocenters. The van der Waals surface area contributed by atoms with Crippen LogP contribution in [0.15, 0.2) is 77.7 Å². The van der Waals surface area contributed by atoms with Crippen LogP contribution in [0.1, 0.15) is 35.1 Å². The maximum absolute atomic E-state index is 12.2. The van der Waals surface area contributed by atoms with Crippen molar-refractivity contribution in [3.63, 3.8) is 0 Å². The zero-order valence-electron chi connectivity index (χ0n) is 16.9. The zero-order valence-corrected chi connectivity index (χ0v) is 17.8. The zero-order chi connectivity index (χ0) is 21.8. The third-order valence-electron chi connectivity index (χ3n) is 5.65. The van der Waals surface area contributed by atoms with Gasteiger partial charge in [0.15, 0.2) is 0 Å². The maximum atomic E-state index is 12.2. The quantitative estimate of drug-likeness (QED) is 0.417. The lowest BCUT2D eigenvalue weighted by molar-refractivity contribution is 0.0136. The first-order valence-corrected chi connectivity index (χ1v) is 10.7. The summed E-state index contributed by atoms with van der Waals surface area (Å²) in [7, 11) is 0. The second-order valence-corrected chi connectivity index (χ2v) is 8.16. The van der Waals surface area contributed by atoms with Crippen molar-refractivity contribution in [3.05, 3.63) is 89.5 Å². The number of amides is 1. The van der Waals surface area contributed by atoms with Crippen molar-refractivity contribution in [1.29, 1.82) is 0 Å². The molecule has 0 aromatic heterocycles. The third kappa shape index (κ3) is 4.77. The van der Waals surface area contributed by atoms with Crippen LogP contribution in [0.4, 0.5) is 4.79 Å². The van der Waals surface area contributed by atoms with Crippen molar-refractivity contribution in [2.45, 2.75) is 29.4 Å². The van der Waals surface area contributed by atoms with Gasteiger partial charge in [0.05, 0.1) is 6.10 Å². The number of alkyl carbamates (subject to hydrolysis) is 1. The average Bonchev–Trinajstić information content (AvgIpc) is 3.11. The molecule has 0 heterocycles. The number of nitrogens with one attached hydrogen (secondary N) is 1. The van der Waals surface area contributed by atoms with Gasteiger partial charge in [0.2, 0.25) is 0 Å². The van der Waals surface area contributed by atoms with Gasteiger partial charge in [-0.05, 0) is 46.4 Å². The monoisotopic (exact) mass is 435 g/mol. The Morgan fingerprint density at radius 1 is 0.935 bits per heavy atom. The van der Waals surface area contributed by atoms with E-state index in [1.807, 2.05) is 24.3 Å². The smallest absolute Gasteiger partial charge is 0.407 e. The predicted molar refractivity (Wildman–Crippen MR) is 122 cm³/mol. The highest BCUT2D eigenvalue weighted by atomic mass is 32.1. The molecule has 5 nitrogen and oxygen atoms in total. The number of thiol groups is 1. The lowest BCUT2D eigenvalue weighted by Crippen LogP contribution is -2.30. The number of benzene rings is 3. The van der Waals surface area contributed by atoms with Gasteiger partial charge in [-0.15, -0.1) is 12.6 Å². The molecule has 0 radical (unpaired) electrons. The molecule has 4 rings (SSSR count). The van der Waals surface area contributed by atoms with Gasteiger partial charge >= 0.3 is 6.09 Å². The van der Waals surface area contributed by atoms with Crippen LogP contribution in [0, 0.1) is 0 Å². The summed E-state index contributed by atoms with van der Waals surface area (Å²) in [6.45, 7) is 0.431. The molecule has 3 aromatic rings. The van der Waals surface area contributed by atoms with Crippen LogP contribution in [0.2, 0.25) is 0 Å². The average molecular weight is 436 g/mol. The molecule has 0 bridgehead atoms. The van der Waals surface area contributed by atoms with Crippen LogP contribution >= 0.6 is 12.6 Å². The van der Waals surface area contributed by atoms with Crippen molar-refractivity contribution in [1.82, 2.24) is 5.32 Å². The second-order valence-electron chi connectivity index (χ2n) is 7.64. The normalized spacial score (nSPS) is 14.4. The number of carbonyl (C=O) groups excluding carboxylic acids is 1. The molecule has 6 heteroatoms. The van der Waals surface area contributed by atoms with Crippen molar-refractivity contribution in [3.8, 4) is 11.1 Å². The molecular weight excluding hydrogens is 410 g/mol. The molecule has 1 amide bonds. The molecular formula is C25H25NO4S. The fourth-order valence-corrected chi connectivity index (χ4v) is 4.17. The third-order valence-corrected chi connectivity index (χ3v) is 5.95. The van der Waals surface area contributed by atoms with Gasteiger partial charge in [0.25, 0.3) is 0 Å². The van der Waals surface area contributed by atoms with Crippen LogP contribution in [0.5, 0.6) is 0 Å². The van der Waals surface area contributed by atoms with E-state index < -0.39 is 18.3 Å². The van der Waals surface area contributed by atoms with Crippen LogP contribution in [-0.4, -0.2) is 35.6 Å². The number of rotatable bonds is 7. The highest BCUT2D eigenvalue weighted by Gasteiger charge is 2.29. The highest BCUT2D eigenvalue weighted by molar-refractivity contribution is 7.80. The van der Waals surface area contributed by atoms with E-state index in [2.05, 4.69) is 42.2 Å². The highest BCUT2D eigenvalue weighted by Crippen LogP contribution is 2.44. The minimum atomic E-state index is -1.03. The molecule has 0 fully saturated rings. The molecule has 1 aliphatic rings. The lowest BCUT2D eigenvalue weighted by Gasteiger charge is -2.19. The van der Waals surface area contributed by atoms with Gasteiger partial charge in [-0.1, -0.05) is 60.7 Å². The van der Waals surface area contributed by atoms with E-state index >= 15 is 0 Å². The molecule has 0 saturated heterocycles. The summed E-state index contributed by atoms with van der Waals surface area (Å²) < 4.78 is 5.48. The fraction of sp³-hybridized carbons (Fsp3) is 0.240. The number of ether oxygens (including phenoxy) is 1. The Balaban J connectivity index is 1.28. The van der Waals surface area contributed by atoms with E-state index in [-0.39, 0.29) is 25.5 Å². The standard InChI is InChI=1S/C25H25NO4S/c27-23(24(28)16-9-11-17(31)12-10-16)13-14-26-25(29)30-15-22-20-7-3-1-5-18(20)19-6-2-4-8-21(19)22/h1-12,22-24,27-28,31H,13-15H2,(H,26,29). The molecule has 2 atom stereocenters. The van der Waals surface area contributed by atoms with E-state index in [0.717, 1.165) is 16.0 Å². The summed E-state index contributed by atoms with van der Waals surface area (Å²) in [5.74, 6) is 0.000338. The molecule has 1 aliphatic carbocycles. The number of aliphatic hydroxyl groups excluding tert-OH is 2. The van der Waals surface area contributed by atoms with Gasteiger partial charge in [-0.2, -0.15) is 0 Å². The summed E-state index contributed by atoms with van der Waals surface area (Å²) in [5, 5.41) is 23.1. The van der Waals surface area contributed by atoms with Crippen LogP contribution in [0.25, 0.3) is 11.1 Å². The lowest BCUT2D eigenvalue weighted by atomic mass is 9.98. The van der Waals surface area contributed by atoms with Gasteiger partial charge in [0, 0.05) is 17.4 Å². The van der Waals surface area contributed by atoms with E-state index in [1.165, 1.54) is 11.1 Å². The van der Waals surface area contributed by atoms with Crippen LogP contribution < -0.4 is 5.32 Å². The Hall–Kier alpha value is -2.80. The van der Waals surface area contributed by atoms with Crippen molar-refractivity contribution in [2.75, 3.05) is 13.2 Å². The molecule has 0 saturated carbocycles. The number of hydrogen-bond donors (Lipinski definition) is 4. The molecule has 0 aliphatic heterocycles. The van der Waals surface area contributed by atoms with Gasteiger partial charge in [0.1, 0.15) is 12.7 Å². The van der Waals surface area contributed by atoms with Crippen molar-refractivity contribution in [2.24, 2.45) is 0 Å². The van der Waals surface area contributed by atoms with E-state index in [4.69, 9.17) is 4.74 Å². The Morgan fingerprint density at radius 3 is 2.13 bits per heavy atom. The second kappa shape index (κ2) is 9.56. The van der Waals surface area contributed by atoms with Crippen molar-refractivity contribution < 1.29 is 19.7 Å².